The van der Waals surface area contributed by atoms with Gasteiger partial charge in [-0.3, -0.25) is 4.79 Å². The van der Waals surface area contributed by atoms with Crippen LogP contribution in [0, 0.1) is 12.7 Å². The summed E-state index contributed by atoms with van der Waals surface area (Å²) in [7, 11) is 0. The summed E-state index contributed by atoms with van der Waals surface area (Å²) in [5, 5.41) is 0.882. The zero-order valence-corrected chi connectivity index (χ0v) is 12.2. The highest BCUT2D eigenvalue weighted by atomic mass is 79.9. The second-order valence-electron chi connectivity index (χ2n) is 4.54. The SMILES string of the molecule is Cc1c(C(=O)c2cccc(F)c2)oc2cc(Br)ccc12. The van der Waals surface area contributed by atoms with Gasteiger partial charge in [0.1, 0.15) is 11.4 Å². The summed E-state index contributed by atoms with van der Waals surface area (Å²) in [6.07, 6.45) is 0. The molecule has 0 fully saturated rings. The Morgan fingerprint density at radius 1 is 1.20 bits per heavy atom. The van der Waals surface area contributed by atoms with Gasteiger partial charge in [-0.2, -0.15) is 0 Å². The average Bonchev–Trinajstić information content (AvgIpc) is 2.74. The van der Waals surface area contributed by atoms with E-state index in [-0.39, 0.29) is 17.1 Å². The van der Waals surface area contributed by atoms with E-state index < -0.39 is 5.82 Å². The van der Waals surface area contributed by atoms with Crippen molar-refractivity contribution in [1.82, 2.24) is 0 Å². The van der Waals surface area contributed by atoms with E-state index in [2.05, 4.69) is 15.9 Å². The summed E-state index contributed by atoms with van der Waals surface area (Å²) < 4.78 is 19.7. The first kappa shape index (κ1) is 13.1. The molecule has 0 aliphatic rings. The van der Waals surface area contributed by atoms with Gasteiger partial charge in [-0.1, -0.05) is 28.1 Å². The van der Waals surface area contributed by atoms with Gasteiger partial charge in [0, 0.05) is 21.0 Å². The van der Waals surface area contributed by atoms with E-state index in [0.717, 1.165) is 15.4 Å². The van der Waals surface area contributed by atoms with Crippen molar-refractivity contribution < 1.29 is 13.6 Å². The number of carbonyl (C=O) groups excluding carboxylic acids is 1. The Balaban J connectivity index is 2.14. The van der Waals surface area contributed by atoms with Crippen LogP contribution < -0.4 is 0 Å². The van der Waals surface area contributed by atoms with Gasteiger partial charge in [0.05, 0.1) is 0 Å². The molecule has 0 aliphatic heterocycles. The summed E-state index contributed by atoms with van der Waals surface area (Å²) in [4.78, 5) is 12.4. The molecule has 1 heterocycles. The molecular weight excluding hydrogens is 323 g/mol. The van der Waals surface area contributed by atoms with Crippen LogP contribution in [0.5, 0.6) is 0 Å². The fourth-order valence-corrected chi connectivity index (χ4v) is 2.52. The van der Waals surface area contributed by atoms with Gasteiger partial charge < -0.3 is 4.42 Å². The molecule has 0 unspecified atom stereocenters. The predicted molar refractivity (Wildman–Crippen MR) is 78.5 cm³/mol. The van der Waals surface area contributed by atoms with E-state index in [1.165, 1.54) is 18.2 Å². The molecule has 3 aromatic rings. The molecule has 0 saturated carbocycles. The van der Waals surface area contributed by atoms with E-state index in [0.29, 0.717) is 5.58 Å². The Hall–Kier alpha value is -1.94. The Kier molecular flexibility index (Phi) is 3.18. The number of halogens is 2. The number of fused-ring (bicyclic) bond motifs is 1. The molecule has 1 aromatic heterocycles. The fourth-order valence-electron chi connectivity index (χ4n) is 2.18. The molecule has 0 bridgehead atoms. The zero-order chi connectivity index (χ0) is 14.3. The first-order valence-electron chi connectivity index (χ1n) is 6.05. The van der Waals surface area contributed by atoms with Crippen LogP contribution in [-0.4, -0.2) is 5.78 Å². The number of furan rings is 1. The monoisotopic (exact) mass is 332 g/mol. The Morgan fingerprint density at radius 3 is 2.75 bits per heavy atom. The van der Waals surface area contributed by atoms with E-state index in [1.54, 1.807) is 6.07 Å². The maximum absolute atomic E-state index is 13.2. The summed E-state index contributed by atoms with van der Waals surface area (Å²) in [6, 6.07) is 11.2. The molecule has 0 atom stereocenters. The van der Waals surface area contributed by atoms with Crippen LogP contribution in [0.4, 0.5) is 4.39 Å². The normalized spacial score (nSPS) is 10.9. The maximum Gasteiger partial charge on any atom is 0.228 e. The summed E-state index contributed by atoms with van der Waals surface area (Å²) in [5.74, 6) is -0.495. The lowest BCUT2D eigenvalue weighted by atomic mass is 10.0. The van der Waals surface area contributed by atoms with Gasteiger partial charge in [-0.25, -0.2) is 4.39 Å². The van der Waals surface area contributed by atoms with Crippen molar-refractivity contribution in [1.29, 1.82) is 0 Å². The van der Waals surface area contributed by atoms with Crippen LogP contribution in [-0.2, 0) is 0 Å². The molecule has 0 N–H and O–H groups in total. The zero-order valence-electron chi connectivity index (χ0n) is 10.6. The molecule has 0 aliphatic carbocycles. The Labute approximate surface area is 123 Å². The first-order valence-corrected chi connectivity index (χ1v) is 6.84. The lowest BCUT2D eigenvalue weighted by Crippen LogP contribution is -2.01. The van der Waals surface area contributed by atoms with Crippen LogP contribution >= 0.6 is 15.9 Å². The third-order valence-corrected chi connectivity index (χ3v) is 3.69. The minimum atomic E-state index is -0.438. The smallest absolute Gasteiger partial charge is 0.228 e. The summed E-state index contributed by atoms with van der Waals surface area (Å²) >= 11 is 3.36. The Bertz CT molecular complexity index is 820. The number of rotatable bonds is 2. The van der Waals surface area contributed by atoms with Crippen molar-refractivity contribution >= 4 is 32.7 Å². The van der Waals surface area contributed by atoms with Gasteiger partial charge in [0.15, 0.2) is 5.76 Å². The molecule has 0 amide bonds. The molecule has 0 spiro atoms. The quantitative estimate of drug-likeness (QED) is 0.626. The third-order valence-electron chi connectivity index (χ3n) is 3.19. The minimum Gasteiger partial charge on any atom is -0.452 e. The van der Waals surface area contributed by atoms with E-state index >= 15 is 0 Å². The molecule has 100 valence electrons. The van der Waals surface area contributed by atoms with Crippen molar-refractivity contribution in [3.8, 4) is 0 Å². The van der Waals surface area contributed by atoms with Crippen molar-refractivity contribution in [2.75, 3.05) is 0 Å². The summed E-state index contributed by atoms with van der Waals surface area (Å²) in [6.45, 7) is 1.83. The van der Waals surface area contributed by atoms with Crippen LogP contribution in [0.15, 0.2) is 51.4 Å². The maximum atomic E-state index is 13.2. The van der Waals surface area contributed by atoms with Crippen molar-refractivity contribution in [3.63, 3.8) is 0 Å². The van der Waals surface area contributed by atoms with Crippen molar-refractivity contribution in [2.45, 2.75) is 6.92 Å². The molecule has 20 heavy (non-hydrogen) atoms. The highest BCUT2D eigenvalue weighted by Crippen LogP contribution is 2.29. The van der Waals surface area contributed by atoms with Crippen LogP contribution in [0.3, 0.4) is 0 Å². The van der Waals surface area contributed by atoms with E-state index in [4.69, 9.17) is 4.42 Å². The van der Waals surface area contributed by atoms with Gasteiger partial charge in [-0.05, 0) is 37.3 Å². The van der Waals surface area contributed by atoms with Gasteiger partial charge in [-0.15, -0.1) is 0 Å². The second-order valence-corrected chi connectivity index (χ2v) is 5.45. The summed E-state index contributed by atoms with van der Waals surface area (Å²) in [5.41, 5.74) is 1.68. The molecule has 0 radical (unpaired) electrons. The molecular formula is C16H10BrFO2. The standard InChI is InChI=1S/C16H10BrFO2/c1-9-13-6-5-11(17)8-14(13)20-16(9)15(19)10-3-2-4-12(18)7-10/h2-8H,1H3. The lowest BCUT2D eigenvalue weighted by molar-refractivity contribution is 0.101. The number of hydrogen-bond acceptors (Lipinski definition) is 2. The number of aryl methyl sites for hydroxylation is 1. The van der Waals surface area contributed by atoms with Gasteiger partial charge >= 0.3 is 0 Å². The van der Waals surface area contributed by atoms with Crippen LogP contribution in [0.25, 0.3) is 11.0 Å². The Morgan fingerprint density at radius 2 is 2.00 bits per heavy atom. The molecule has 4 heteroatoms. The molecule has 3 rings (SSSR count). The molecule has 0 saturated heterocycles. The fraction of sp³-hybridized carbons (Fsp3) is 0.0625. The number of carbonyl (C=O) groups is 1. The largest absolute Gasteiger partial charge is 0.452 e. The van der Waals surface area contributed by atoms with Gasteiger partial charge in [0.2, 0.25) is 5.78 Å². The predicted octanol–water partition coefficient (Wildman–Crippen LogP) is 4.87. The van der Waals surface area contributed by atoms with Gasteiger partial charge in [0.25, 0.3) is 0 Å². The number of benzene rings is 2. The van der Waals surface area contributed by atoms with E-state index in [1.807, 2.05) is 25.1 Å². The number of hydrogen-bond donors (Lipinski definition) is 0. The second kappa shape index (κ2) is 4.87. The highest BCUT2D eigenvalue weighted by Gasteiger charge is 2.19. The van der Waals surface area contributed by atoms with E-state index in [9.17, 15) is 9.18 Å². The molecule has 2 nitrogen and oxygen atoms in total. The highest BCUT2D eigenvalue weighted by molar-refractivity contribution is 9.10. The van der Waals surface area contributed by atoms with Crippen molar-refractivity contribution in [3.05, 3.63) is 69.6 Å². The average molecular weight is 333 g/mol. The molecule has 2 aromatic carbocycles. The van der Waals surface area contributed by atoms with Crippen LogP contribution in [0.1, 0.15) is 21.7 Å². The number of ketones is 1. The topological polar surface area (TPSA) is 30.2 Å². The van der Waals surface area contributed by atoms with Crippen molar-refractivity contribution in [2.24, 2.45) is 0 Å². The minimum absolute atomic E-state index is 0.253. The van der Waals surface area contributed by atoms with Crippen LogP contribution in [0.2, 0.25) is 0 Å². The lowest BCUT2D eigenvalue weighted by Gasteiger charge is -1.99. The third kappa shape index (κ3) is 2.16. The first-order chi connectivity index (χ1) is 9.56.